The first-order valence-electron chi connectivity index (χ1n) is 11.9. The molecule has 0 bridgehead atoms. The summed E-state index contributed by atoms with van der Waals surface area (Å²) in [6, 6.07) is 11.5. The molecular weight excluding hydrogens is 468 g/mol. The number of rotatable bonds is 5. The number of nitrogens with two attached hydrogens (primary N) is 1. The molecule has 2 aromatic rings. The number of aryl methyl sites for hydroxylation is 2. The Balaban J connectivity index is 1.54. The summed E-state index contributed by atoms with van der Waals surface area (Å²) in [6.45, 7) is 4.50. The van der Waals surface area contributed by atoms with Crippen LogP contribution in [-0.2, 0) is 28.2 Å². The zero-order valence-corrected chi connectivity index (χ0v) is 21.5. The molecule has 2 aliphatic rings. The minimum atomic E-state index is -3.10. The van der Waals surface area contributed by atoms with Crippen molar-refractivity contribution >= 4 is 27.4 Å². The number of amides is 1. The summed E-state index contributed by atoms with van der Waals surface area (Å²) >= 11 is 6.25. The van der Waals surface area contributed by atoms with Gasteiger partial charge in [0, 0.05) is 21.8 Å². The summed E-state index contributed by atoms with van der Waals surface area (Å²) in [7, 11) is -3.10. The van der Waals surface area contributed by atoms with Crippen LogP contribution < -0.4 is 9.88 Å². The second kappa shape index (κ2) is 10.2. The summed E-state index contributed by atoms with van der Waals surface area (Å²) in [5.41, 5.74) is 3.96. The SMILES string of the molecule is C/C=C\C[C@H](C)CS(N)(=O)=NC(=O)c1ccc2c(c1)CC[C@@]1(CCCc3cc(Cl)ccc31)CO2. The number of carbonyl (C=O) groups excluding carboxylic acids is 1. The van der Waals surface area contributed by atoms with Crippen LogP contribution in [0.25, 0.3) is 0 Å². The van der Waals surface area contributed by atoms with Gasteiger partial charge >= 0.3 is 0 Å². The first kappa shape index (κ1) is 25.0. The summed E-state index contributed by atoms with van der Waals surface area (Å²) in [6.07, 6.45) is 9.62. The maximum Gasteiger partial charge on any atom is 0.286 e. The summed E-state index contributed by atoms with van der Waals surface area (Å²) in [5.74, 6) is 0.520. The van der Waals surface area contributed by atoms with E-state index in [4.69, 9.17) is 21.5 Å². The minimum absolute atomic E-state index is 0.0552. The number of halogens is 1. The summed E-state index contributed by atoms with van der Waals surface area (Å²) in [4.78, 5) is 12.8. The van der Waals surface area contributed by atoms with Crippen LogP contribution in [-0.4, -0.2) is 22.5 Å². The predicted molar refractivity (Wildman–Crippen MR) is 139 cm³/mol. The molecule has 0 saturated carbocycles. The van der Waals surface area contributed by atoms with Gasteiger partial charge in [-0.25, -0.2) is 9.35 Å². The van der Waals surface area contributed by atoms with E-state index in [1.54, 1.807) is 6.07 Å². The number of nitrogens with zero attached hydrogens (tertiary/aromatic N) is 1. The largest absolute Gasteiger partial charge is 0.492 e. The smallest absolute Gasteiger partial charge is 0.286 e. The van der Waals surface area contributed by atoms with Gasteiger partial charge in [-0.3, -0.25) is 4.79 Å². The van der Waals surface area contributed by atoms with Crippen molar-refractivity contribution in [1.29, 1.82) is 0 Å². The molecule has 2 N–H and O–H groups in total. The van der Waals surface area contributed by atoms with Crippen molar-refractivity contribution in [2.75, 3.05) is 12.4 Å². The zero-order valence-electron chi connectivity index (χ0n) is 19.9. The molecule has 2 aromatic carbocycles. The van der Waals surface area contributed by atoms with Gasteiger partial charge in [0.05, 0.1) is 6.61 Å². The lowest BCUT2D eigenvalue weighted by Gasteiger charge is -2.38. The van der Waals surface area contributed by atoms with Crippen LogP contribution in [0.5, 0.6) is 5.75 Å². The van der Waals surface area contributed by atoms with Gasteiger partial charge in [-0.1, -0.05) is 36.7 Å². The number of allylic oxidation sites excluding steroid dienone is 2. The third-order valence-electron chi connectivity index (χ3n) is 6.96. The highest BCUT2D eigenvalue weighted by atomic mass is 35.5. The molecule has 0 aromatic heterocycles. The fraction of sp³-hybridized carbons (Fsp3) is 0.444. The molecule has 1 heterocycles. The average Bonchev–Trinajstić information content (AvgIpc) is 2.97. The van der Waals surface area contributed by atoms with E-state index in [2.05, 4.69) is 16.5 Å². The van der Waals surface area contributed by atoms with E-state index >= 15 is 0 Å². The molecule has 0 radical (unpaired) electrons. The van der Waals surface area contributed by atoms with E-state index in [0.717, 1.165) is 54.9 Å². The minimum Gasteiger partial charge on any atom is -0.492 e. The van der Waals surface area contributed by atoms with Crippen molar-refractivity contribution < 1.29 is 13.7 Å². The molecule has 5 nitrogen and oxygen atoms in total. The Labute approximate surface area is 208 Å². The number of hydrogen-bond donors (Lipinski definition) is 1. The predicted octanol–water partition coefficient (Wildman–Crippen LogP) is 6.02. The molecule has 1 unspecified atom stereocenters. The van der Waals surface area contributed by atoms with Gasteiger partial charge in [0.2, 0.25) is 0 Å². The summed E-state index contributed by atoms with van der Waals surface area (Å²) in [5, 5.41) is 6.69. The Morgan fingerprint density at radius 3 is 2.85 bits per heavy atom. The van der Waals surface area contributed by atoms with Crippen LogP contribution in [0.4, 0.5) is 0 Å². The van der Waals surface area contributed by atoms with Gasteiger partial charge < -0.3 is 4.74 Å². The standard InChI is InChI=1S/C27H33ClN2O3S/c1-3-4-6-19(2)17-34(29,32)30-26(31)22-8-11-25-21(15-22)12-14-27(18-33-25)13-5-7-20-16-23(28)9-10-24(20)27/h3-4,8-11,15-16,19H,5-7,12-14,17-18H2,1-2H3,(H2,29,30,31,32)/b4-3-/t19-,27-,34?/m0/s1. The molecule has 1 aliphatic carbocycles. The number of carbonyl (C=O) groups is 1. The monoisotopic (exact) mass is 500 g/mol. The molecule has 1 spiro atoms. The van der Waals surface area contributed by atoms with Crippen molar-refractivity contribution in [3.63, 3.8) is 0 Å². The Bertz CT molecular complexity index is 1230. The average molecular weight is 501 g/mol. The maximum atomic E-state index is 12.8. The fourth-order valence-electron chi connectivity index (χ4n) is 5.23. The van der Waals surface area contributed by atoms with Gasteiger partial charge in [-0.2, -0.15) is 0 Å². The third kappa shape index (κ3) is 5.56. The Kier molecular flexibility index (Phi) is 7.51. The van der Waals surface area contributed by atoms with Crippen molar-refractivity contribution in [2.24, 2.45) is 15.4 Å². The molecule has 0 saturated heterocycles. The van der Waals surface area contributed by atoms with Crippen LogP contribution in [0.1, 0.15) is 66.6 Å². The van der Waals surface area contributed by atoms with Gasteiger partial charge in [-0.05, 0) is 98.4 Å². The molecule has 34 heavy (non-hydrogen) atoms. The van der Waals surface area contributed by atoms with Crippen molar-refractivity contribution in [2.45, 2.75) is 57.8 Å². The van der Waals surface area contributed by atoms with Crippen molar-refractivity contribution in [1.82, 2.24) is 0 Å². The van der Waals surface area contributed by atoms with Gasteiger partial charge in [0.15, 0.2) is 0 Å². The number of fused-ring (bicyclic) bond motifs is 3. The number of benzene rings is 2. The van der Waals surface area contributed by atoms with Crippen LogP contribution in [0.15, 0.2) is 52.9 Å². The second-order valence-corrected chi connectivity index (χ2v) is 12.0. The normalized spacial score (nSPS) is 22.2. The van der Waals surface area contributed by atoms with Crippen LogP contribution in [0.2, 0.25) is 5.02 Å². The lowest BCUT2D eigenvalue weighted by molar-refractivity contribution is 0.100. The first-order chi connectivity index (χ1) is 16.2. The van der Waals surface area contributed by atoms with E-state index in [0.29, 0.717) is 12.2 Å². The molecule has 1 amide bonds. The fourth-order valence-corrected chi connectivity index (χ4v) is 6.84. The van der Waals surface area contributed by atoms with E-state index in [-0.39, 0.29) is 17.1 Å². The highest BCUT2D eigenvalue weighted by molar-refractivity contribution is 7.91. The zero-order chi connectivity index (χ0) is 24.3. The first-order valence-corrected chi connectivity index (χ1v) is 14.1. The third-order valence-corrected chi connectivity index (χ3v) is 8.72. The van der Waals surface area contributed by atoms with Gasteiger partial charge in [-0.15, -0.1) is 4.36 Å². The molecule has 0 fully saturated rings. The van der Waals surface area contributed by atoms with Crippen molar-refractivity contribution in [3.8, 4) is 5.75 Å². The second-order valence-electron chi connectivity index (χ2n) is 9.71. The summed E-state index contributed by atoms with van der Waals surface area (Å²) < 4.78 is 23.0. The van der Waals surface area contributed by atoms with E-state index in [9.17, 15) is 9.00 Å². The maximum absolute atomic E-state index is 12.8. The molecule has 7 heteroatoms. The Hall–Kier alpha value is -2.15. The lowest BCUT2D eigenvalue weighted by Crippen LogP contribution is -2.36. The highest BCUT2D eigenvalue weighted by Gasteiger charge is 2.39. The topological polar surface area (TPSA) is 81.8 Å². The van der Waals surface area contributed by atoms with E-state index < -0.39 is 15.8 Å². The van der Waals surface area contributed by atoms with Crippen LogP contribution >= 0.6 is 11.6 Å². The van der Waals surface area contributed by atoms with Gasteiger partial charge in [0.25, 0.3) is 5.91 Å². The van der Waals surface area contributed by atoms with Crippen molar-refractivity contribution in [3.05, 3.63) is 75.8 Å². The Morgan fingerprint density at radius 2 is 2.06 bits per heavy atom. The molecule has 4 rings (SSSR count). The number of ether oxygens (including phenoxy) is 1. The quantitative estimate of drug-likeness (QED) is 0.509. The van der Waals surface area contributed by atoms with Crippen LogP contribution in [0, 0.1) is 5.92 Å². The highest BCUT2D eigenvalue weighted by Crippen LogP contribution is 2.44. The molecule has 182 valence electrons. The number of hydrogen-bond acceptors (Lipinski definition) is 3. The van der Waals surface area contributed by atoms with E-state index in [1.807, 2.05) is 44.2 Å². The van der Waals surface area contributed by atoms with E-state index in [1.165, 1.54) is 11.1 Å². The van der Waals surface area contributed by atoms with Crippen LogP contribution in [0.3, 0.4) is 0 Å². The Morgan fingerprint density at radius 1 is 1.24 bits per heavy atom. The van der Waals surface area contributed by atoms with Gasteiger partial charge in [0.1, 0.15) is 15.7 Å². The molecule has 3 atom stereocenters. The lowest BCUT2D eigenvalue weighted by atomic mass is 9.68. The molecular formula is C27H33ClN2O3S. The molecule has 1 aliphatic heterocycles.